The number of fused-ring (bicyclic) bond motifs is 2. The second-order valence-corrected chi connectivity index (χ2v) is 3.26. The van der Waals surface area contributed by atoms with Gasteiger partial charge in [-0.05, 0) is 19.3 Å². The predicted molar refractivity (Wildman–Crippen MR) is 35.3 cm³/mol. The smallest absolute Gasteiger partial charge is 0.223 e. The molecule has 2 aliphatic rings. The predicted octanol–water partition coefficient (Wildman–Crippen LogP) is -0.354. The third kappa shape index (κ3) is 0.814. The van der Waals surface area contributed by atoms with Crippen molar-refractivity contribution < 1.29 is 9.90 Å². The summed E-state index contributed by atoms with van der Waals surface area (Å²) in [6.07, 6.45) is 2.11. The van der Waals surface area contributed by atoms with Crippen molar-refractivity contribution in [2.45, 2.75) is 31.4 Å². The minimum absolute atomic E-state index is 0.105. The highest BCUT2D eigenvalue weighted by Gasteiger charge is 2.38. The van der Waals surface area contributed by atoms with Gasteiger partial charge in [-0.1, -0.05) is 0 Å². The van der Waals surface area contributed by atoms with E-state index in [0.29, 0.717) is 6.42 Å². The van der Waals surface area contributed by atoms with Crippen LogP contribution in [0.1, 0.15) is 19.3 Å². The lowest BCUT2D eigenvalue weighted by Crippen LogP contribution is -2.28. The number of rotatable bonds is 0. The Hall–Kier alpha value is -0.570. The third-order valence-corrected chi connectivity index (χ3v) is 2.40. The van der Waals surface area contributed by atoms with Crippen LogP contribution in [0.4, 0.5) is 0 Å². The summed E-state index contributed by atoms with van der Waals surface area (Å²) in [6.45, 7) is 0. The average Bonchev–Trinajstić information content (AvgIpc) is 2.07. The summed E-state index contributed by atoms with van der Waals surface area (Å²) in [4.78, 5) is 11.0. The lowest BCUT2D eigenvalue weighted by atomic mass is 9.88. The van der Waals surface area contributed by atoms with Gasteiger partial charge >= 0.3 is 0 Å². The number of amides is 1. The van der Waals surface area contributed by atoms with Crippen molar-refractivity contribution in [3.8, 4) is 0 Å². The summed E-state index contributed by atoms with van der Waals surface area (Å²) < 4.78 is 0. The first-order valence-electron chi connectivity index (χ1n) is 3.74. The van der Waals surface area contributed by atoms with E-state index in [2.05, 4.69) is 5.32 Å². The topological polar surface area (TPSA) is 49.3 Å². The van der Waals surface area contributed by atoms with E-state index in [1.165, 1.54) is 0 Å². The van der Waals surface area contributed by atoms with Gasteiger partial charge in [0.25, 0.3) is 0 Å². The molecule has 0 spiro atoms. The van der Waals surface area contributed by atoms with Crippen LogP contribution >= 0.6 is 0 Å². The summed E-state index contributed by atoms with van der Waals surface area (Å²) in [7, 11) is 0. The minimum atomic E-state index is -0.248. The average molecular weight is 141 g/mol. The lowest BCUT2D eigenvalue weighted by Gasteiger charge is -2.20. The summed E-state index contributed by atoms with van der Waals surface area (Å²) in [5.74, 6) is 0.246. The molecule has 10 heavy (non-hydrogen) atoms. The van der Waals surface area contributed by atoms with E-state index in [1.807, 2.05) is 0 Å². The van der Waals surface area contributed by atoms with Crippen molar-refractivity contribution in [3.05, 3.63) is 0 Å². The molecule has 1 amide bonds. The SMILES string of the molecule is O=C1NC2CC(O)CC1C2. The maximum absolute atomic E-state index is 11.0. The molecule has 3 nitrogen and oxygen atoms in total. The monoisotopic (exact) mass is 141 g/mol. The number of nitrogens with one attached hydrogen (secondary N) is 1. The quantitative estimate of drug-likeness (QED) is 0.484. The number of hydrogen-bond acceptors (Lipinski definition) is 2. The summed E-state index contributed by atoms with van der Waals surface area (Å²) in [5.41, 5.74) is 0. The number of hydrogen-bond donors (Lipinski definition) is 2. The zero-order valence-electron chi connectivity index (χ0n) is 5.71. The Kier molecular flexibility index (Phi) is 1.20. The van der Waals surface area contributed by atoms with E-state index < -0.39 is 0 Å². The molecule has 0 aromatic carbocycles. The summed E-state index contributed by atoms with van der Waals surface area (Å²) in [6, 6.07) is 0.265. The van der Waals surface area contributed by atoms with Crippen LogP contribution in [0.5, 0.6) is 0 Å². The summed E-state index contributed by atoms with van der Waals surface area (Å²) >= 11 is 0. The fraction of sp³-hybridized carbons (Fsp3) is 0.857. The van der Waals surface area contributed by atoms with Crippen molar-refractivity contribution >= 4 is 5.91 Å². The van der Waals surface area contributed by atoms with Crippen LogP contribution in [0.3, 0.4) is 0 Å². The molecule has 3 unspecified atom stereocenters. The van der Waals surface area contributed by atoms with Crippen molar-refractivity contribution in [1.82, 2.24) is 5.32 Å². The largest absolute Gasteiger partial charge is 0.393 e. The molecule has 3 atom stereocenters. The van der Waals surface area contributed by atoms with E-state index in [4.69, 9.17) is 0 Å². The van der Waals surface area contributed by atoms with Crippen LogP contribution in [0.25, 0.3) is 0 Å². The van der Waals surface area contributed by atoms with Crippen LogP contribution in [-0.4, -0.2) is 23.2 Å². The first kappa shape index (κ1) is 6.16. The van der Waals surface area contributed by atoms with Crippen molar-refractivity contribution in [3.63, 3.8) is 0 Å². The van der Waals surface area contributed by atoms with Crippen LogP contribution < -0.4 is 5.32 Å². The van der Waals surface area contributed by atoms with Gasteiger partial charge < -0.3 is 10.4 Å². The lowest BCUT2D eigenvalue weighted by molar-refractivity contribution is -0.122. The Balaban J connectivity index is 2.13. The number of carbonyl (C=O) groups is 1. The molecular weight excluding hydrogens is 130 g/mol. The number of carbonyl (C=O) groups excluding carboxylic acids is 1. The van der Waals surface area contributed by atoms with Crippen molar-refractivity contribution in [1.29, 1.82) is 0 Å². The zero-order valence-corrected chi connectivity index (χ0v) is 5.71. The van der Waals surface area contributed by atoms with E-state index >= 15 is 0 Å². The molecule has 2 fully saturated rings. The molecule has 2 rings (SSSR count). The van der Waals surface area contributed by atoms with E-state index in [-0.39, 0.29) is 24.0 Å². The molecule has 2 N–H and O–H groups in total. The van der Waals surface area contributed by atoms with Gasteiger partial charge in [-0.3, -0.25) is 4.79 Å². The molecule has 0 aromatic rings. The Bertz CT molecular complexity index is 169. The standard InChI is InChI=1S/C7H11NO2/c9-6-2-4-1-5(3-6)8-7(4)10/h4-6,9H,1-3H2,(H,8,10). The molecule has 0 aromatic heterocycles. The normalized spacial score (nSPS) is 45.3. The second-order valence-electron chi connectivity index (χ2n) is 3.26. The first-order chi connectivity index (χ1) is 4.75. The van der Waals surface area contributed by atoms with Crippen LogP contribution in [0.2, 0.25) is 0 Å². The molecule has 1 aliphatic heterocycles. The van der Waals surface area contributed by atoms with Gasteiger partial charge in [0, 0.05) is 12.0 Å². The third-order valence-electron chi connectivity index (χ3n) is 2.40. The zero-order chi connectivity index (χ0) is 7.14. The Labute approximate surface area is 59.4 Å². The van der Waals surface area contributed by atoms with Gasteiger partial charge in [-0.25, -0.2) is 0 Å². The highest BCUT2D eigenvalue weighted by Crippen LogP contribution is 2.29. The van der Waals surface area contributed by atoms with Crippen LogP contribution in [0, 0.1) is 5.92 Å². The van der Waals surface area contributed by atoms with Crippen molar-refractivity contribution in [2.75, 3.05) is 0 Å². The first-order valence-corrected chi connectivity index (χ1v) is 3.74. The summed E-state index contributed by atoms with van der Waals surface area (Å²) in [5, 5.41) is 12.1. The molecule has 2 bridgehead atoms. The maximum atomic E-state index is 11.0. The highest BCUT2D eigenvalue weighted by molar-refractivity contribution is 5.81. The molecule has 1 aliphatic carbocycles. The Morgan fingerprint density at radius 1 is 1.40 bits per heavy atom. The Morgan fingerprint density at radius 3 is 2.90 bits per heavy atom. The number of aliphatic hydroxyl groups is 1. The molecule has 1 saturated carbocycles. The fourth-order valence-corrected chi connectivity index (χ4v) is 1.94. The molecular formula is C7H11NO2. The van der Waals surface area contributed by atoms with Gasteiger partial charge in [-0.2, -0.15) is 0 Å². The fourth-order valence-electron chi connectivity index (χ4n) is 1.94. The number of aliphatic hydroxyl groups excluding tert-OH is 1. The minimum Gasteiger partial charge on any atom is -0.393 e. The van der Waals surface area contributed by atoms with Gasteiger partial charge in [0.1, 0.15) is 0 Å². The van der Waals surface area contributed by atoms with E-state index in [9.17, 15) is 9.90 Å². The van der Waals surface area contributed by atoms with Crippen molar-refractivity contribution in [2.24, 2.45) is 5.92 Å². The van der Waals surface area contributed by atoms with Gasteiger partial charge in [0.2, 0.25) is 5.91 Å². The molecule has 1 heterocycles. The maximum Gasteiger partial charge on any atom is 0.223 e. The molecule has 1 saturated heterocycles. The Morgan fingerprint density at radius 2 is 2.20 bits per heavy atom. The molecule has 0 radical (unpaired) electrons. The molecule has 56 valence electrons. The van der Waals surface area contributed by atoms with E-state index in [0.717, 1.165) is 12.8 Å². The second kappa shape index (κ2) is 1.95. The van der Waals surface area contributed by atoms with Gasteiger partial charge in [0.15, 0.2) is 0 Å². The van der Waals surface area contributed by atoms with E-state index in [1.54, 1.807) is 0 Å². The van der Waals surface area contributed by atoms with Crippen LogP contribution in [0.15, 0.2) is 0 Å². The van der Waals surface area contributed by atoms with Gasteiger partial charge in [0.05, 0.1) is 6.10 Å². The van der Waals surface area contributed by atoms with Gasteiger partial charge in [-0.15, -0.1) is 0 Å². The molecule has 3 heteroatoms. The highest BCUT2D eigenvalue weighted by atomic mass is 16.3. The van der Waals surface area contributed by atoms with Crippen LogP contribution in [-0.2, 0) is 4.79 Å².